The standard InChI is InChI=1S/C17H17FN2O/c18-14-8-4-5-12(9-14)10-15-17(21)19-11-16(20-15)13-6-2-1-3-7-13/h1-9,15-16,20H,10-11H2,(H,19,21)/t15-,16-/m1/s1. The second kappa shape index (κ2) is 6.06. The van der Waals surface area contributed by atoms with Crippen molar-refractivity contribution in [2.24, 2.45) is 0 Å². The highest BCUT2D eigenvalue weighted by Crippen LogP contribution is 2.17. The fraction of sp³-hybridized carbons (Fsp3) is 0.235. The van der Waals surface area contributed by atoms with Crippen molar-refractivity contribution >= 4 is 5.91 Å². The minimum atomic E-state index is -0.342. The van der Waals surface area contributed by atoms with E-state index in [9.17, 15) is 9.18 Å². The topological polar surface area (TPSA) is 41.1 Å². The van der Waals surface area contributed by atoms with Crippen LogP contribution in [0, 0.1) is 5.82 Å². The summed E-state index contributed by atoms with van der Waals surface area (Å²) in [5.41, 5.74) is 1.96. The summed E-state index contributed by atoms with van der Waals surface area (Å²) in [7, 11) is 0. The van der Waals surface area contributed by atoms with Crippen LogP contribution in [0.5, 0.6) is 0 Å². The fourth-order valence-electron chi connectivity index (χ4n) is 2.65. The molecule has 2 aromatic rings. The molecule has 1 aliphatic rings. The van der Waals surface area contributed by atoms with Gasteiger partial charge in [0.15, 0.2) is 0 Å². The van der Waals surface area contributed by atoms with E-state index in [0.717, 1.165) is 11.1 Å². The lowest BCUT2D eigenvalue weighted by Crippen LogP contribution is -2.55. The maximum Gasteiger partial charge on any atom is 0.237 e. The Labute approximate surface area is 123 Å². The molecule has 0 spiro atoms. The first-order chi connectivity index (χ1) is 10.2. The van der Waals surface area contributed by atoms with Crippen molar-refractivity contribution in [2.75, 3.05) is 6.54 Å². The highest BCUT2D eigenvalue weighted by Gasteiger charge is 2.28. The lowest BCUT2D eigenvalue weighted by molar-refractivity contribution is -0.125. The number of hydrogen-bond donors (Lipinski definition) is 2. The van der Waals surface area contributed by atoms with Crippen LogP contribution < -0.4 is 10.6 Å². The van der Waals surface area contributed by atoms with Crippen molar-refractivity contribution in [3.63, 3.8) is 0 Å². The molecular formula is C17H17FN2O. The molecule has 0 radical (unpaired) electrons. The van der Waals surface area contributed by atoms with Crippen molar-refractivity contribution in [3.05, 3.63) is 71.5 Å². The summed E-state index contributed by atoms with van der Waals surface area (Å²) in [6.45, 7) is 0.572. The highest BCUT2D eigenvalue weighted by molar-refractivity contribution is 5.83. The number of piperazine rings is 1. The summed E-state index contributed by atoms with van der Waals surface area (Å²) in [5.74, 6) is -0.310. The van der Waals surface area contributed by atoms with E-state index in [4.69, 9.17) is 0 Å². The molecule has 3 nitrogen and oxygen atoms in total. The molecule has 0 aromatic heterocycles. The normalized spacial score (nSPS) is 21.9. The first-order valence-corrected chi connectivity index (χ1v) is 7.05. The van der Waals surface area contributed by atoms with Crippen LogP contribution in [0.4, 0.5) is 4.39 Å². The average Bonchev–Trinajstić information content (AvgIpc) is 2.50. The van der Waals surface area contributed by atoms with Gasteiger partial charge >= 0.3 is 0 Å². The molecule has 2 N–H and O–H groups in total. The number of carbonyl (C=O) groups excluding carboxylic acids is 1. The van der Waals surface area contributed by atoms with Crippen LogP contribution in [0.2, 0.25) is 0 Å². The maximum absolute atomic E-state index is 13.2. The molecule has 1 aliphatic heterocycles. The van der Waals surface area contributed by atoms with Gasteiger partial charge in [0.1, 0.15) is 5.82 Å². The molecule has 2 aromatic carbocycles. The molecule has 0 saturated carbocycles. The molecule has 2 atom stereocenters. The Morgan fingerprint density at radius 1 is 1.10 bits per heavy atom. The van der Waals surface area contributed by atoms with E-state index in [1.807, 2.05) is 36.4 Å². The SMILES string of the molecule is O=C1NC[C@H](c2ccccc2)N[C@@H]1Cc1cccc(F)c1. The smallest absolute Gasteiger partial charge is 0.237 e. The molecule has 0 aliphatic carbocycles. The molecular weight excluding hydrogens is 267 g/mol. The first kappa shape index (κ1) is 13.8. The summed E-state index contributed by atoms with van der Waals surface area (Å²) in [6.07, 6.45) is 0.479. The number of benzene rings is 2. The molecule has 0 bridgehead atoms. The van der Waals surface area contributed by atoms with Crippen molar-refractivity contribution < 1.29 is 9.18 Å². The van der Waals surface area contributed by atoms with Crippen LogP contribution in [0.1, 0.15) is 17.2 Å². The Kier molecular flexibility index (Phi) is 3.97. The van der Waals surface area contributed by atoms with E-state index in [2.05, 4.69) is 10.6 Å². The number of rotatable bonds is 3. The van der Waals surface area contributed by atoms with Gasteiger partial charge < -0.3 is 5.32 Å². The van der Waals surface area contributed by atoms with Crippen LogP contribution >= 0.6 is 0 Å². The van der Waals surface area contributed by atoms with Gasteiger partial charge in [-0.3, -0.25) is 10.1 Å². The second-order valence-corrected chi connectivity index (χ2v) is 5.26. The van der Waals surface area contributed by atoms with Gasteiger partial charge in [-0.25, -0.2) is 4.39 Å². The summed E-state index contributed by atoms with van der Waals surface area (Å²) in [5, 5.41) is 6.27. The van der Waals surface area contributed by atoms with Crippen LogP contribution in [0.15, 0.2) is 54.6 Å². The van der Waals surface area contributed by atoms with Crippen molar-refractivity contribution in [1.82, 2.24) is 10.6 Å². The molecule has 0 unspecified atom stereocenters. The molecule has 108 valence electrons. The molecule has 1 heterocycles. The van der Waals surface area contributed by atoms with E-state index >= 15 is 0 Å². The Balaban J connectivity index is 1.73. The van der Waals surface area contributed by atoms with Crippen LogP contribution in [-0.2, 0) is 11.2 Å². The number of hydrogen-bond acceptors (Lipinski definition) is 2. The lowest BCUT2D eigenvalue weighted by Gasteiger charge is -2.31. The Morgan fingerprint density at radius 3 is 2.67 bits per heavy atom. The van der Waals surface area contributed by atoms with Gasteiger partial charge in [0.05, 0.1) is 12.1 Å². The van der Waals surface area contributed by atoms with Gasteiger partial charge in [-0.2, -0.15) is 0 Å². The number of nitrogens with one attached hydrogen (secondary N) is 2. The average molecular weight is 284 g/mol. The Bertz CT molecular complexity index is 630. The van der Waals surface area contributed by atoms with Crippen LogP contribution in [0.3, 0.4) is 0 Å². The van der Waals surface area contributed by atoms with Crippen molar-refractivity contribution in [1.29, 1.82) is 0 Å². The van der Waals surface area contributed by atoms with Gasteiger partial charge in [0.25, 0.3) is 0 Å². The third-order valence-corrected chi connectivity index (χ3v) is 3.73. The predicted molar refractivity (Wildman–Crippen MR) is 79.2 cm³/mol. The van der Waals surface area contributed by atoms with E-state index in [1.54, 1.807) is 6.07 Å². The van der Waals surface area contributed by atoms with Gasteiger partial charge in [0.2, 0.25) is 5.91 Å². The van der Waals surface area contributed by atoms with Gasteiger partial charge in [0, 0.05) is 6.54 Å². The largest absolute Gasteiger partial charge is 0.353 e. The van der Waals surface area contributed by atoms with E-state index in [0.29, 0.717) is 13.0 Å². The highest BCUT2D eigenvalue weighted by atomic mass is 19.1. The third kappa shape index (κ3) is 3.28. The van der Waals surface area contributed by atoms with Crippen molar-refractivity contribution in [3.8, 4) is 0 Å². The predicted octanol–water partition coefficient (Wildman–Crippen LogP) is 2.20. The zero-order chi connectivity index (χ0) is 14.7. The van der Waals surface area contributed by atoms with Crippen LogP contribution in [0.25, 0.3) is 0 Å². The number of amides is 1. The minimum Gasteiger partial charge on any atom is -0.353 e. The molecule has 1 fully saturated rings. The minimum absolute atomic E-state index is 0.0357. The number of halogens is 1. The zero-order valence-electron chi connectivity index (χ0n) is 11.6. The summed E-state index contributed by atoms with van der Waals surface area (Å²) in [4.78, 5) is 12.0. The Hall–Kier alpha value is -2.20. The van der Waals surface area contributed by atoms with Crippen molar-refractivity contribution in [2.45, 2.75) is 18.5 Å². The molecule has 1 amide bonds. The molecule has 1 saturated heterocycles. The zero-order valence-corrected chi connectivity index (χ0v) is 11.6. The van der Waals surface area contributed by atoms with E-state index < -0.39 is 0 Å². The van der Waals surface area contributed by atoms with Gasteiger partial charge in [-0.15, -0.1) is 0 Å². The van der Waals surface area contributed by atoms with E-state index in [1.165, 1.54) is 12.1 Å². The number of carbonyl (C=O) groups is 1. The third-order valence-electron chi connectivity index (χ3n) is 3.73. The maximum atomic E-state index is 13.2. The first-order valence-electron chi connectivity index (χ1n) is 7.05. The fourth-order valence-corrected chi connectivity index (χ4v) is 2.65. The molecule has 3 rings (SSSR count). The van der Waals surface area contributed by atoms with Crippen LogP contribution in [-0.4, -0.2) is 18.5 Å². The second-order valence-electron chi connectivity index (χ2n) is 5.26. The van der Waals surface area contributed by atoms with Gasteiger partial charge in [-0.05, 0) is 29.7 Å². The summed E-state index contributed by atoms with van der Waals surface area (Å²) in [6, 6.07) is 16.1. The monoisotopic (exact) mass is 284 g/mol. The Morgan fingerprint density at radius 2 is 1.90 bits per heavy atom. The quantitative estimate of drug-likeness (QED) is 0.907. The summed E-state index contributed by atoms with van der Waals surface area (Å²) >= 11 is 0. The van der Waals surface area contributed by atoms with Gasteiger partial charge in [-0.1, -0.05) is 42.5 Å². The van der Waals surface area contributed by atoms with E-state index in [-0.39, 0.29) is 23.8 Å². The molecule has 4 heteroatoms. The summed E-state index contributed by atoms with van der Waals surface area (Å²) < 4.78 is 13.2. The lowest BCUT2D eigenvalue weighted by atomic mass is 9.98. The molecule has 21 heavy (non-hydrogen) atoms.